The van der Waals surface area contributed by atoms with Crippen LogP contribution in [0, 0.1) is 5.92 Å². The predicted octanol–water partition coefficient (Wildman–Crippen LogP) is 4.12. The van der Waals surface area contributed by atoms with E-state index >= 15 is 0 Å². The van der Waals surface area contributed by atoms with E-state index in [1.54, 1.807) is 0 Å². The minimum atomic E-state index is 0.790. The van der Waals surface area contributed by atoms with Gasteiger partial charge in [0.15, 0.2) is 0 Å². The molecule has 2 aliphatic rings. The van der Waals surface area contributed by atoms with Crippen molar-refractivity contribution in [1.82, 2.24) is 4.90 Å². The van der Waals surface area contributed by atoms with Gasteiger partial charge in [0.05, 0.1) is 0 Å². The zero-order chi connectivity index (χ0) is 12.3. The van der Waals surface area contributed by atoms with E-state index in [2.05, 4.69) is 25.9 Å². The molecule has 0 amide bonds. The van der Waals surface area contributed by atoms with Crippen LogP contribution in [0.15, 0.2) is 0 Å². The highest BCUT2D eigenvalue weighted by Gasteiger charge is 2.33. The maximum Gasteiger partial charge on any atom is 0.00950 e. The van der Waals surface area contributed by atoms with E-state index in [1.165, 1.54) is 59.9 Å². The summed E-state index contributed by atoms with van der Waals surface area (Å²) in [4.78, 5) is 2.44. The first kappa shape index (κ1) is 13.8. The standard InChI is InChI=1S/C15H30NP/c1-12(16(2)3)14-10-7-11-15(14)17-13-8-5-4-6-9-13/h12-15,17H,4-11H2,1-3H3/t12-,14?,15+/m1/s1. The van der Waals surface area contributed by atoms with Gasteiger partial charge in [0, 0.05) is 6.04 Å². The quantitative estimate of drug-likeness (QED) is 0.683. The van der Waals surface area contributed by atoms with Crippen molar-refractivity contribution in [3.8, 4) is 0 Å². The van der Waals surface area contributed by atoms with E-state index in [-0.39, 0.29) is 0 Å². The third kappa shape index (κ3) is 3.67. The second-order valence-corrected chi connectivity index (χ2v) is 8.30. The first-order chi connectivity index (χ1) is 8.18. The van der Waals surface area contributed by atoms with E-state index in [4.69, 9.17) is 0 Å². The lowest BCUT2D eigenvalue weighted by Crippen LogP contribution is -2.35. The monoisotopic (exact) mass is 255 g/mol. The Labute approximate surface area is 110 Å². The average molecular weight is 255 g/mol. The number of hydrogen-bond donors (Lipinski definition) is 0. The molecule has 0 aliphatic heterocycles. The molecular formula is C15H30NP. The second kappa shape index (κ2) is 6.53. The third-order valence-corrected chi connectivity index (χ3v) is 7.25. The Morgan fingerprint density at radius 1 is 0.941 bits per heavy atom. The second-order valence-electron chi connectivity index (χ2n) is 6.41. The van der Waals surface area contributed by atoms with Crippen LogP contribution in [-0.2, 0) is 0 Å². The van der Waals surface area contributed by atoms with Gasteiger partial charge in [-0.15, -0.1) is 8.58 Å². The number of nitrogens with zero attached hydrogens (tertiary/aromatic N) is 1. The molecule has 0 aromatic heterocycles. The largest absolute Gasteiger partial charge is 0.306 e. The van der Waals surface area contributed by atoms with E-state index in [9.17, 15) is 0 Å². The van der Waals surface area contributed by atoms with Crippen LogP contribution in [0.4, 0.5) is 0 Å². The van der Waals surface area contributed by atoms with Crippen LogP contribution in [0.5, 0.6) is 0 Å². The fourth-order valence-corrected chi connectivity index (χ4v) is 6.14. The minimum Gasteiger partial charge on any atom is -0.306 e. The molecule has 2 unspecified atom stereocenters. The molecule has 2 aliphatic carbocycles. The van der Waals surface area contributed by atoms with Gasteiger partial charge in [-0.25, -0.2) is 0 Å². The van der Waals surface area contributed by atoms with Gasteiger partial charge in [0.25, 0.3) is 0 Å². The normalized spacial score (nSPS) is 33.9. The summed E-state index contributed by atoms with van der Waals surface area (Å²) in [5, 5.41) is 0. The Kier molecular flexibility index (Phi) is 5.30. The fourth-order valence-electron chi connectivity index (χ4n) is 3.73. The topological polar surface area (TPSA) is 3.24 Å². The van der Waals surface area contributed by atoms with Gasteiger partial charge in [-0.05, 0) is 63.9 Å². The lowest BCUT2D eigenvalue weighted by molar-refractivity contribution is 0.232. The summed E-state index contributed by atoms with van der Waals surface area (Å²) in [6, 6.07) is 0.790. The summed E-state index contributed by atoms with van der Waals surface area (Å²) in [5.41, 5.74) is 2.17. The Morgan fingerprint density at radius 2 is 1.65 bits per heavy atom. The average Bonchev–Trinajstić information content (AvgIpc) is 2.77. The van der Waals surface area contributed by atoms with Crippen LogP contribution in [-0.4, -0.2) is 36.4 Å². The van der Waals surface area contributed by atoms with E-state index in [1.807, 2.05) is 0 Å². The molecule has 4 atom stereocenters. The van der Waals surface area contributed by atoms with Crippen LogP contribution in [0.25, 0.3) is 0 Å². The van der Waals surface area contributed by atoms with Crippen molar-refractivity contribution in [3.05, 3.63) is 0 Å². The molecule has 100 valence electrons. The van der Waals surface area contributed by atoms with Crippen molar-refractivity contribution in [2.75, 3.05) is 14.1 Å². The molecule has 17 heavy (non-hydrogen) atoms. The van der Waals surface area contributed by atoms with Crippen molar-refractivity contribution in [2.24, 2.45) is 5.92 Å². The number of hydrogen-bond acceptors (Lipinski definition) is 1. The Balaban J connectivity index is 1.85. The van der Waals surface area contributed by atoms with Crippen LogP contribution >= 0.6 is 8.58 Å². The van der Waals surface area contributed by atoms with Crippen molar-refractivity contribution in [3.63, 3.8) is 0 Å². The van der Waals surface area contributed by atoms with Crippen molar-refractivity contribution in [1.29, 1.82) is 0 Å². The number of rotatable bonds is 4. The Bertz CT molecular complexity index is 223. The molecular weight excluding hydrogens is 225 g/mol. The van der Waals surface area contributed by atoms with Gasteiger partial charge >= 0.3 is 0 Å². The zero-order valence-electron chi connectivity index (χ0n) is 11.9. The predicted molar refractivity (Wildman–Crippen MR) is 79.5 cm³/mol. The Morgan fingerprint density at radius 3 is 2.29 bits per heavy atom. The molecule has 1 nitrogen and oxygen atoms in total. The zero-order valence-corrected chi connectivity index (χ0v) is 12.9. The van der Waals surface area contributed by atoms with Gasteiger partial charge < -0.3 is 4.90 Å². The van der Waals surface area contributed by atoms with E-state index in [0.717, 1.165) is 23.3 Å². The summed E-state index contributed by atoms with van der Waals surface area (Å²) in [6.07, 6.45) is 12.1. The van der Waals surface area contributed by atoms with E-state index < -0.39 is 0 Å². The maximum atomic E-state index is 2.44. The third-order valence-electron chi connectivity index (χ3n) is 5.06. The summed E-state index contributed by atoms with van der Waals surface area (Å²) in [5.74, 6) is 0.991. The fraction of sp³-hybridized carbons (Fsp3) is 1.00. The van der Waals surface area contributed by atoms with Gasteiger partial charge in [-0.1, -0.05) is 25.7 Å². The maximum absolute atomic E-state index is 2.44. The van der Waals surface area contributed by atoms with Gasteiger partial charge in [-0.3, -0.25) is 0 Å². The Hall–Kier alpha value is 0.390. The highest BCUT2D eigenvalue weighted by molar-refractivity contribution is 7.39. The summed E-state index contributed by atoms with van der Waals surface area (Å²) >= 11 is 0. The molecule has 0 bridgehead atoms. The van der Waals surface area contributed by atoms with Crippen molar-refractivity contribution >= 4 is 8.58 Å². The van der Waals surface area contributed by atoms with Crippen LogP contribution in [0.2, 0.25) is 0 Å². The van der Waals surface area contributed by atoms with Gasteiger partial charge in [0.1, 0.15) is 0 Å². The molecule has 0 spiro atoms. The van der Waals surface area contributed by atoms with Crippen LogP contribution in [0.1, 0.15) is 58.3 Å². The first-order valence-corrected chi connectivity index (χ1v) is 8.76. The molecule has 0 saturated heterocycles. The molecule has 0 aromatic carbocycles. The molecule has 0 heterocycles. The highest BCUT2D eigenvalue weighted by Crippen LogP contribution is 2.46. The smallest absolute Gasteiger partial charge is 0.00950 e. The SMILES string of the molecule is C[C@H](C1CCC[C@@H]1PC1CCCCC1)N(C)C. The van der Waals surface area contributed by atoms with Gasteiger partial charge in [-0.2, -0.15) is 0 Å². The molecule has 0 aromatic rings. The van der Waals surface area contributed by atoms with Gasteiger partial charge in [0.2, 0.25) is 0 Å². The van der Waals surface area contributed by atoms with Crippen LogP contribution in [0.3, 0.4) is 0 Å². The van der Waals surface area contributed by atoms with E-state index in [0.29, 0.717) is 0 Å². The molecule has 2 fully saturated rings. The highest BCUT2D eigenvalue weighted by atomic mass is 31.1. The lowest BCUT2D eigenvalue weighted by Gasteiger charge is -2.33. The first-order valence-electron chi connectivity index (χ1n) is 7.61. The molecule has 0 N–H and O–H groups in total. The summed E-state index contributed by atoms with van der Waals surface area (Å²) in [7, 11) is 5.78. The molecule has 2 rings (SSSR count). The minimum absolute atomic E-state index is 0.790. The molecule has 2 saturated carbocycles. The van der Waals surface area contributed by atoms with Crippen molar-refractivity contribution < 1.29 is 0 Å². The lowest BCUT2D eigenvalue weighted by atomic mass is 9.98. The van der Waals surface area contributed by atoms with Crippen LogP contribution < -0.4 is 0 Å². The summed E-state index contributed by atoms with van der Waals surface area (Å²) in [6.45, 7) is 2.44. The molecule has 0 radical (unpaired) electrons. The molecule has 2 heteroatoms. The summed E-state index contributed by atoms with van der Waals surface area (Å²) < 4.78 is 0. The van der Waals surface area contributed by atoms with Crippen molar-refractivity contribution in [2.45, 2.75) is 75.7 Å².